The molecule has 0 bridgehead atoms. The predicted octanol–water partition coefficient (Wildman–Crippen LogP) is -6.59. The number of halogens is 2. The number of rotatable bonds is 0. The maximum atomic E-state index is 8.60. The van der Waals surface area contributed by atoms with Gasteiger partial charge in [0.1, 0.15) is 0 Å². The van der Waals surface area contributed by atoms with Crippen LogP contribution >= 0.6 is 12.4 Å². The molecule has 0 aromatic rings. The first kappa shape index (κ1) is 16.0. The van der Waals surface area contributed by atoms with Gasteiger partial charge in [0.25, 0.3) is 0 Å². The maximum absolute atomic E-state index is 8.60. The summed E-state index contributed by atoms with van der Waals surface area (Å²) in [7, 11) is -4.69. The fourth-order valence-corrected chi connectivity index (χ4v) is 0. The molecule has 0 aliphatic rings. The third-order valence-corrected chi connectivity index (χ3v) is 0. The summed E-state index contributed by atoms with van der Waals surface area (Å²) in [4.78, 5) is 0. The Morgan fingerprint density at radius 1 is 1.29 bits per heavy atom. The molecular formula is H3Cl2KO4. The maximum Gasteiger partial charge on any atom is 1.00 e. The first-order chi connectivity index (χ1) is 2.00. The van der Waals surface area contributed by atoms with Gasteiger partial charge in [-0.25, -0.2) is 0 Å². The van der Waals surface area contributed by atoms with E-state index in [-0.39, 0.29) is 65.2 Å². The van der Waals surface area contributed by atoms with Gasteiger partial charge >= 0.3 is 51.4 Å². The van der Waals surface area contributed by atoms with Crippen molar-refractivity contribution < 1.29 is 81.7 Å². The van der Waals surface area contributed by atoms with Crippen molar-refractivity contribution in [1.82, 2.24) is 0 Å². The zero-order chi connectivity index (χ0) is 4.50. The van der Waals surface area contributed by atoms with Gasteiger partial charge in [-0.2, -0.15) is 14.0 Å². The molecule has 0 saturated heterocycles. The molecule has 0 rings (SSSR count). The van der Waals surface area contributed by atoms with Crippen LogP contribution < -0.4 is 65.4 Å². The van der Waals surface area contributed by atoms with Gasteiger partial charge in [0.05, 0.1) is 14.9 Å². The molecule has 0 aromatic carbocycles. The van der Waals surface area contributed by atoms with Gasteiger partial charge in [-0.15, -0.1) is 12.4 Å². The molecule has 4 nitrogen and oxygen atoms in total. The van der Waals surface area contributed by atoms with E-state index in [4.69, 9.17) is 18.6 Å². The van der Waals surface area contributed by atoms with Crippen molar-refractivity contribution in [3.05, 3.63) is 0 Å². The van der Waals surface area contributed by atoms with E-state index < -0.39 is 10.2 Å². The molecule has 0 amide bonds. The van der Waals surface area contributed by atoms with Gasteiger partial charge in [0, 0.05) is 0 Å². The Morgan fingerprint density at radius 2 is 1.29 bits per heavy atom. The van der Waals surface area contributed by atoms with Gasteiger partial charge in [-0.1, -0.05) is 0 Å². The zero-order valence-corrected chi connectivity index (χ0v) is 8.15. The largest absolute Gasteiger partial charge is 1.00 e. The summed E-state index contributed by atoms with van der Waals surface area (Å²) in [5, 5.41) is 0. The van der Waals surface area contributed by atoms with Gasteiger partial charge < -0.3 is 1.43 Å². The molecule has 0 radical (unpaired) electrons. The zero-order valence-electron chi connectivity index (χ0n) is 4.46. The summed E-state index contributed by atoms with van der Waals surface area (Å²) in [5.74, 6) is 0. The topological polar surface area (TPSA) is 89.4 Å². The van der Waals surface area contributed by atoms with Crippen molar-refractivity contribution >= 4 is 12.4 Å². The van der Waals surface area contributed by atoms with Crippen LogP contribution in [0.25, 0.3) is 0 Å². The quantitative estimate of drug-likeness (QED) is 0.372. The molecule has 0 spiro atoms. The van der Waals surface area contributed by atoms with Crippen molar-refractivity contribution in [2.75, 3.05) is 0 Å². The summed E-state index contributed by atoms with van der Waals surface area (Å²) in [5.41, 5.74) is 0. The van der Waals surface area contributed by atoms with E-state index >= 15 is 0 Å². The fourth-order valence-electron chi connectivity index (χ4n) is 0. The van der Waals surface area contributed by atoms with E-state index in [0.29, 0.717) is 0 Å². The average Bonchev–Trinajstić information content (AvgIpc) is 0.722. The molecule has 42 valence electrons. The van der Waals surface area contributed by atoms with E-state index in [1.165, 1.54) is 0 Å². The van der Waals surface area contributed by atoms with Gasteiger partial charge in [0.2, 0.25) is 0 Å². The molecule has 0 unspecified atom stereocenters. The molecule has 0 aliphatic carbocycles. The minimum atomic E-state index is -4.69. The molecule has 0 saturated carbocycles. The second-order valence-electron chi connectivity index (χ2n) is 0.396. The Labute approximate surface area is 92.6 Å². The monoisotopic (exact) mass is 176 g/mol. The second kappa shape index (κ2) is 6.18. The van der Waals surface area contributed by atoms with Gasteiger partial charge in [-0.05, 0) is 0 Å². The summed E-state index contributed by atoms with van der Waals surface area (Å²) in [6, 6.07) is 0. The van der Waals surface area contributed by atoms with Crippen LogP contribution in [0, 0.1) is 10.2 Å². The molecule has 0 atom stereocenters. The first-order valence-electron chi connectivity index (χ1n) is 0.632. The standard InChI is InChI=1S/ClHO4.ClH.K.H/c2-1(3,4)5;;;/h(H,2,3,4,5);1H;;/q;;+1;-1. The number of hydrogen-bond acceptors (Lipinski definition) is 4. The molecule has 0 aliphatic heterocycles. The molecule has 0 heterocycles. The summed E-state index contributed by atoms with van der Waals surface area (Å²) < 4.78 is 32.7. The van der Waals surface area contributed by atoms with Crippen LogP contribution in [0.4, 0.5) is 0 Å². The van der Waals surface area contributed by atoms with Crippen LogP contribution in [0.2, 0.25) is 0 Å². The van der Waals surface area contributed by atoms with Crippen molar-refractivity contribution in [3.63, 3.8) is 0 Å². The number of hydrogen-bond donors (Lipinski definition) is 1. The molecule has 7 heteroatoms. The average molecular weight is 177 g/mol. The van der Waals surface area contributed by atoms with Gasteiger partial charge in [0.15, 0.2) is 0 Å². The van der Waals surface area contributed by atoms with Gasteiger partial charge in [-0.3, -0.25) is 0 Å². The first-order valence-corrected chi connectivity index (χ1v) is 1.90. The van der Waals surface area contributed by atoms with Crippen molar-refractivity contribution in [2.45, 2.75) is 0 Å². The normalized spacial score (nSPS) is 8.57. The van der Waals surface area contributed by atoms with Crippen LogP contribution in [0.5, 0.6) is 0 Å². The summed E-state index contributed by atoms with van der Waals surface area (Å²) in [6.45, 7) is 0. The molecular weight excluding hydrogens is 174 g/mol. The molecule has 0 fully saturated rings. The Bertz CT molecular complexity index is 29.5. The predicted molar refractivity (Wildman–Crippen MR) is 10.6 cm³/mol. The van der Waals surface area contributed by atoms with Crippen LogP contribution in [0.3, 0.4) is 0 Å². The van der Waals surface area contributed by atoms with Crippen LogP contribution in [0.15, 0.2) is 0 Å². The van der Waals surface area contributed by atoms with Crippen molar-refractivity contribution in [1.29, 1.82) is 0 Å². The van der Waals surface area contributed by atoms with E-state index in [1.54, 1.807) is 0 Å². The Morgan fingerprint density at radius 3 is 1.29 bits per heavy atom. The van der Waals surface area contributed by atoms with Crippen LogP contribution in [0.1, 0.15) is 1.43 Å². The fraction of sp³-hybridized carbons (Fsp3) is 0. The second-order valence-corrected chi connectivity index (χ2v) is 1.19. The molecule has 7 heavy (non-hydrogen) atoms. The Hall–Kier alpha value is 2.06. The van der Waals surface area contributed by atoms with E-state index in [9.17, 15) is 0 Å². The summed E-state index contributed by atoms with van der Waals surface area (Å²) >= 11 is 0. The molecule has 1 N–H and O–H groups in total. The Balaban J connectivity index is -0.0000000267. The minimum absolute atomic E-state index is 0. The SMILES string of the molecule is Cl.[H-].[K+].[O-][Cl+3]([O-])([O-])O. The van der Waals surface area contributed by atoms with Crippen LogP contribution in [-0.4, -0.2) is 4.66 Å². The minimum Gasteiger partial charge on any atom is -1.00 e. The third-order valence-electron chi connectivity index (χ3n) is 0. The van der Waals surface area contributed by atoms with E-state index in [2.05, 4.69) is 0 Å². The van der Waals surface area contributed by atoms with Crippen LogP contribution in [-0.2, 0) is 0 Å². The van der Waals surface area contributed by atoms with E-state index in [0.717, 1.165) is 0 Å². The molecule has 0 aromatic heterocycles. The Kier molecular flexibility index (Phi) is 14.1. The van der Waals surface area contributed by atoms with E-state index in [1.807, 2.05) is 0 Å². The van der Waals surface area contributed by atoms with Crippen molar-refractivity contribution in [2.24, 2.45) is 0 Å². The van der Waals surface area contributed by atoms with Crippen molar-refractivity contribution in [3.8, 4) is 0 Å². The summed E-state index contributed by atoms with van der Waals surface area (Å²) in [6.07, 6.45) is 0. The third kappa shape index (κ3) is 69.9. The smallest absolute Gasteiger partial charge is 1.00 e.